The monoisotopic (exact) mass is 322 g/mol. The Bertz CT molecular complexity index is 793. The minimum atomic E-state index is -0.655. The molecule has 0 radical (unpaired) electrons. The van der Waals surface area contributed by atoms with Gasteiger partial charge in [0, 0.05) is 17.7 Å². The predicted molar refractivity (Wildman–Crippen MR) is 91.8 cm³/mol. The first-order valence-corrected chi connectivity index (χ1v) is 7.85. The number of hydrogen-bond donors (Lipinski definition) is 2. The van der Waals surface area contributed by atoms with E-state index in [9.17, 15) is 4.79 Å². The fourth-order valence-corrected chi connectivity index (χ4v) is 3.40. The lowest BCUT2D eigenvalue weighted by atomic mass is 9.82. The normalized spacial score (nSPS) is 24.5. The Hall–Kier alpha value is -2.86. The number of hydrazine groups is 1. The van der Waals surface area contributed by atoms with Gasteiger partial charge in [-0.05, 0) is 18.2 Å². The van der Waals surface area contributed by atoms with Crippen molar-refractivity contribution in [2.45, 2.75) is 18.1 Å². The minimum absolute atomic E-state index is 0.336. The Morgan fingerprint density at radius 2 is 1.96 bits per heavy atom. The molecule has 1 spiro atoms. The lowest BCUT2D eigenvalue weighted by Gasteiger charge is -2.37. The van der Waals surface area contributed by atoms with Gasteiger partial charge in [-0.3, -0.25) is 15.2 Å². The number of anilines is 1. The number of benzene rings is 2. The third-order valence-electron chi connectivity index (χ3n) is 4.58. The van der Waals surface area contributed by atoms with Gasteiger partial charge in [-0.25, -0.2) is 5.84 Å². The SMILES string of the molecule is NNC(=O)C1CC2(CN(c3ccccc3)C=N2)c2ccccc2O1. The number of aliphatic imine (C=N–C) groups is 1. The van der Waals surface area contributed by atoms with Crippen LogP contribution in [0, 0.1) is 0 Å². The summed E-state index contributed by atoms with van der Waals surface area (Å²) in [6, 6.07) is 17.8. The third-order valence-corrected chi connectivity index (χ3v) is 4.58. The molecule has 3 N–H and O–H groups in total. The molecular formula is C18H18N4O2. The van der Waals surface area contributed by atoms with Crippen molar-refractivity contribution in [1.82, 2.24) is 5.43 Å². The standard InChI is InChI=1S/C18H18N4O2/c19-21-17(23)16-10-18(14-8-4-5-9-15(14)24-16)11-22(12-20-18)13-6-2-1-3-7-13/h1-9,12,16H,10-11,19H2,(H,21,23). The van der Waals surface area contributed by atoms with Gasteiger partial charge in [-0.2, -0.15) is 0 Å². The molecule has 0 aromatic heterocycles. The molecule has 2 unspecified atom stereocenters. The van der Waals surface area contributed by atoms with Gasteiger partial charge in [0.15, 0.2) is 6.10 Å². The van der Waals surface area contributed by atoms with E-state index >= 15 is 0 Å². The van der Waals surface area contributed by atoms with Gasteiger partial charge in [-0.1, -0.05) is 36.4 Å². The molecule has 6 nitrogen and oxygen atoms in total. The first-order valence-electron chi connectivity index (χ1n) is 7.85. The van der Waals surface area contributed by atoms with Gasteiger partial charge < -0.3 is 9.64 Å². The molecule has 2 aliphatic heterocycles. The lowest BCUT2D eigenvalue weighted by Crippen LogP contribution is -2.49. The number of hydrogen-bond acceptors (Lipinski definition) is 5. The molecule has 0 bridgehead atoms. The Kier molecular flexibility index (Phi) is 3.46. The summed E-state index contributed by atoms with van der Waals surface area (Å²) in [6.45, 7) is 0.658. The van der Waals surface area contributed by atoms with Crippen molar-refractivity contribution in [3.8, 4) is 5.75 Å². The van der Waals surface area contributed by atoms with Gasteiger partial charge in [-0.15, -0.1) is 0 Å². The summed E-state index contributed by atoms with van der Waals surface area (Å²) >= 11 is 0. The van der Waals surface area contributed by atoms with E-state index < -0.39 is 11.6 Å². The molecule has 122 valence electrons. The maximum absolute atomic E-state index is 12.0. The second kappa shape index (κ2) is 5.65. The van der Waals surface area contributed by atoms with Crippen LogP contribution in [0.3, 0.4) is 0 Å². The number of nitrogens with two attached hydrogens (primary N) is 1. The molecule has 0 saturated heterocycles. The molecule has 1 amide bonds. The molecule has 0 fully saturated rings. The van der Waals surface area contributed by atoms with Crippen LogP contribution in [0.1, 0.15) is 12.0 Å². The van der Waals surface area contributed by atoms with Crippen LogP contribution >= 0.6 is 0 Å². The molecule has 2 aromatic carbocycles. The Morgan fingerprint density at radius 3 is 2.75 bits per heavy atom. The van der Waals surface area contributed by atoms with E-state index in [1.54, 1.807) is 0 Å². The fraction of sp³-hybridized carbons (Fsp3) is 0.222. The summed E-state index contributed by atoms with van der Waals surface area (Å²) < 4.78 is 5.83. The number of nitrogens with one attached hydrogen (secondary N) is 1. The van der Waals surface area contributed by atoms with Gasteiger partial charge in [0.2, 0.25) is 0 Å². The maximum atomic E-state index is 12.0. The highest BCUT2D eigenvalue weighted by Crippen LogP contribution is 2.45. The number of amides is 1. The second-order valence-corrected chi connectivity index (χ2v) is 6.05. The molecular weight excluding hydrogens is 304 g/mol. The van der Waals surface area contributed by atoms with Gasteiger partial charge in [0.05, 0.1) is 12.9 Å². The summed E-state index contributed by atoms with van der Waals surface area (Å²) in [5.74, 6) is 5.65. The van der Waals surface area contributed by atoms with Crippen LogP contribution in [0.4, 0.5) is 5.69 Å². The topological polar surface area (TPSA) is 80.0 Å². The fourth-order valence-electron chi connectivity index (χ4n) is 3.40. The van der Waals surface area contributed by atoms with E-state index in [1.165, 1.54) is 0 Å². The average Bonchev–Trinajstić information content (AvgIpc) is 3.06. The van der Waals surface area contributed by atoms with Crippen LogP contribution in [-0.4, -0.2) is 24.9 Å². The van der Waals surface area contributed by atoms with Crippen molar-refractivity contribution in [3.63, 3.8) is 0 Å². The van der Waals surface area contributed by atoms with Gasteiger partial charge >= 0.3 is 0 Å². The number of ether oxygens (including phenoxy) is 1. The van der Waals surface area contributed by atoms with Crippen LogP contribution in [0.5, 0.6) is 5.75 Å². The average molecular weight is 322 g/mol. The van der Waals surface area contributed by atoms with Crippen molar-refractivity contribution in [2.75, 3.05) is 11.4 Å². The zero-order valence-electron chi connectivity index (χ0n) is 13.1. The second-order valence-electron chi connectivity index (χ2n) is 6.05. The van der Waals surface area contributed by atoms with Crippen LogP contribution in [-0.2, 0) is 10.3 Å². The minimum Gasteiger partial charge on any atom is -0.480 e. The van der Waals surface area contributed by atoms with E-state index in [1.807, 2.05) is 60.9 Å². The zero-order chi connectivity index (χ0) is 16.6. The largest absolute Gasteiger partial charge is 0.480 e. The highest BCUT2D eigenvalue weighted by molar-refractivity contribution is 5.84. The summed E-state index contributed by atoms with van der Waals surface area (Å²) in [6.07, 6.45) is 1.64. The summed E-state index contributed by atoms with van der Waals surface area (Å²) in [7, 11) is 0. The molecule has 2 aromatic rings. The Labute approximate surface area is 139 Å². The first-order chi connectivity index (χ1) is 11.7. The number of para-hydroxylation sites is 2. The smallest absolute Gasteiger partial charge is 0.275 e. The van der Waals surface area contributed by atoms with E-state index in [0.717, 1.165) is 11.3 Å². The van der Waals surface area contributed by atoms with Crippen molar-refractivity contribution < 1.29 is 9.53 Å². The number of nitrogens with zero attached hydrogens (tertiary/aromatic N) is 2. The molecule has 2 atom stereocenters. The quantitative estimate of drug-likeness (QED) is 0.500. The molecule has 2 heterocycles. The van der Waals surface area contributed by atoms with Crippen LogP contribution in [0.15, 0.2) is 59.6 Å². The number of carbonyl (C=O) groups is 1. The molecule has 2 aliphatic rings. The maximum Gasteiger partial charge on any atom is 0.275 e. The number of fused-ring (bicyclic) bond motifs is 2. The molecule has 6 heteroatoms. The third kappa shape index (κ3) is 2.32. The van der Waals surface area contributed by atoms with Crippen LogP contribution < -0.4 is 20.9 Å². The highest BCUT2D eigenvalue weighted by Gasteiger charge is 2.47. The molecule has 24 heavy (non-hydrogen) atoms. The summed E-state index contributed by atoms with van der Waals surface area (Å²) in [5, 5.41) is 0. The van der Waals surface area contributed by atoms with Crippen LogP contribution in [0.2, 0.25) is 0 Å². The van der Waals surface area contributed by atoms with Gasteiger partial charge in [0.25, 0.3) is 5.91 Å². The highest BCUT2D eigenvalue weighted by atomic mass is 16.5. The zero-order valence-corrected chi connectivity index (χ0v) is 13.1. The predicted octanol–water partition coefficient (Wildman–Crippen LogP) is 1.57. The first kappa shape index (κ1) is 14.7. The van der Waals surface area contributed by atoms with Crippen LogP contribution in [0.25, 0.3) is 0 Å². The van der Waals surface area contributed by atoms with Gasteiger partial charge in [0.1, 0.15) is 11.3 Å². The van der Waals surface area contributed by atoms with Crippen molar-refractivity contribution in [2.24, 2.45) is 10.8 Å². The summed E-state index contributed by atoms with van der Waals surface area (Å²) in [5.41, 5.74) is 3.75. The molecule has 0 saturated carbocycles. The summed E-state index contributed by atoms with van der Waals surface area (Å²) in [4.78, 5) is 18.9. The van der Waals surface area contributed by atoms with E-state index in [4.69, 9.17) is 15.6 Å². The van der Waals surface area contributed by atoms with Crippen molar-refractivity contribution >= 4 is 17.9 Å². The lowest BCUT2D eigenvalue weighted by molar-refractivity contribution is -0.129. The molecule has 4 rings (SSSR count). The molecule has 0 aliphatic carbocycles. The Morgan fingerprint density at radius 1 is 1.21 bits per heavy atom. The van der Waals surface area contributed by atoms with E-state index in [0.29, 0.717) is 18.7 Å². The number of carbonyl (C=O) groups excluding carboxylic acids is 1. The Balaban J connectivity index is 1.71. The van der Waals surface area contributed by atoms with E-state index in [2.05, 4.69) is 10.3 Å². The van der Waals surface area contributed by atoms with E-state index in [-0.39, 0.29) is 5.91 Å². The van der Waals surface area contributed by atoms with Crippen molar-refractivity contribution in [3.05, 3.63) is 60.2 Å². The number of rotatable bonds is 2. The van der Waals surface area contributed by atoms with Crippen molar-refractivity contribution in [1.29, 1.82) is 0 Å².